The van der Waals surface area contributed by atoms with Crippen LogP contribution in [0.15, 0.2) is 54.6 Å². The molecule has 0 fully saturated rings. The van der Waals surface area contributed by atoms with Crippen LogP contribution in [0.4, 0.5) is 11.4 Å². The Morgan fingerprint density at radius 1 is 1.21 bits per heavy atom. The van der Waals surface area contributed by atoms with Gasteiger partial charge in [-0.15, -0.1) is 0 Å². The number of aromatic hydroxyl groups is 1. The summed E-state index contributed by atoms with van der Waals surface area (Å²) >= 11 is 4.97. The molecular formula is C16H13N3O4S. The molecular weight excluding hydrogens is 330 g/mol. The number of benzene rings is 2. The molecule has 0 radical (unpaired) electrons. The van der Waals surface area contributed by atoms with Crippen LogP contribution in [0, 0.1) is 10.1 Å². The van der Waals surface area contributed by atoms with E-state index in [0.717, 1.165) is 11.6 Å². The zero-order chi connectivity index (χ0) is 17.5. The monoisotopic (exact) mass is 343 g/mol. The number of rotatable bonds is 4. The van der Waals surface area contributed by atoms with Crippen molar-refractivity contribution in [2.45, 2.75) is 0 Å². The number of nitrogens with one attached hydrogen (secondary N) is 2. The molecule has 0 aliphatic rings. The van der Waals surface area contributed by atoms with Gasteiger partial charge in [-0.2, -0.15) is 0 Å². The molecule has 0 bridgehead atoms. The highest BCUT2D eigenvalue weighted by Gasteiger charge is 2.11. The van der Waals surface area contributed by atoms with Crippen molar-refractivity contribution in [1.82, 2.24) is 5.32 Å². The fraction of sp³-hybridized carbons (Fsp3) is 0. The van der Waals surface area contributed by atoms with Crippen LogP contribution < -0.4 is 10.6 Å². The maximum absolute atomic E-state index is 11.8. The first-order chi connectivity index (χ1) is 11.5. The van der Waals surface area contributed by atoms with Gasteiger partial charge in [0.2, 0.25) is 5.91 Å². The van der Waals surface area contributed by atoms with E-state index in [4.69, 9.17) is 12.2 Å². The molecule has 0 unspecified atom stereocenters. The van der Waals surface area contributed by atoms with Gasteiger partial charge in [-0.3, -0.25) is 20.2 Å². The van der Waals surface area contributed by atoms with Gasteiger partial charge in [-0.1, -0.05) is 30.3 Å². The summed E-state index contributed by atoms with van der Waals surface area (Å²) in [6, 6.07) is 12.7. The molecule has 2 aromatic rings. The molecule has 0 saturated heterocycles. The molecule has 2 rings (SSSR count). The molecule has 7 nitrogen and oxygen atoms in total. The minimum absolute atomic E-state index is 0.0399. The van der Waals surface area contributed by atoms with Gasteiger partial charge < -0.3 is 10.4 Å². The third-order valence-electron chi connectivity index (χ3n) is 2.90. The van der Waals surface area contributed by atoms with Crippen molar-refractivity contribution in [2.75, 3.05) is 5.32 Å². The van der Waals surface area contributed by atoms with Crippen LogP contribution in [0.25, 0.3) is 6.08 Å². The number of hydrogen-bond donors (Lipinski definition) is 3. The first-order valence-corrected chi connectivity index (χ1v) is 7.19. The van der Waals surface area contributed by atoms with Crippen LogP contribution in [0.5, 0.6) is 5.75 Å². The predicted molar refractivity (Wildman–Crippen MR) is 94.6 cm³/mol. The van der Waals surface area contributed by atoms with Crippen LogP contribution in [0.2, 0.25) is 0 Å². The van der Waals surface area contributed by atoms with Gasteiger partial charge in [0.25, 0.3) is 5.69 Å². The zero-order valence-corrected chi connectivity index (χ0v) is 13.1. The summed E-state index contributed by atoms with van der Waals surface area (Å²) in [6.45, 7) is 0. The molecule has 0 aromatic heterocycles. The lowest BCUT2D eigenvalue weighted by Crippen LogP contribution is -2.32. The Morgan fingerprint density at radius 3 is 2.54 bits per heavy atom. The molecule has 2 aromatic carbocycles. The molecule has 3 N–H and O–H groups in total. The zero-order valence-electron chi connectivity index (χ0n) is 12.3. The summed E-state index contributed by atoms with van der Waals surface area (Å²) in [4.78, 5) is 21.7. The van der Waals surface area contributed by atoms with Crippen molar-refractivity contribution in [1.29, 1.82) is 0 Å². The maximum atomic E-state index is 11.8. The number of non-ortho nitro benzene ring substituents is 1. The average molecular weight is 343 g/mol. The summed E-state index contributed by atoms with van der Waals surface area (Å²) in [7, 11) is 0. The van der Waals surface area contributed by atoms with Crippen LogP contribution >= 0.6 is 12.2 Å². The molecule has 0 aliphatic carbocycles. The Hall–Kier alpha value is -3.26. The van der Waals surface area contributed by atoms with E-state index in [2.05, 4.69) is 10.6 Å². The van der Waals surface area contributed by atoms with Crippen LogP contribution in [-0.2, 0) is 4.79 Å². The van der Waals surface area contributed by atoms with Gasteiger partial charge in [-0.25, -0.2) is 0 Å². The van der Waals surface area contributed by atoms with Crippen LogP contribution in [0.3, 0.4) is 0 Å². The van der Waals surface area contributed by atoms with Gasteiger partial charge in [0, 0.05) is 12.1 Å². The first-order valence-electron chi connectivity index (χ1n) is 6.78. The number of hydrogen-bond acceptors (Lipinski definition) is 5. The minimum Gasteiger partial charge on any atom is -0.506 e. The molecule has 24 heavy (non-hydrogen) atoms. The Morgan fingerprint density at radius 2 is 1.92 bits per heavy atom. The van der Waals surface area contributed by atoms with Crippen molar-refractivity contribution in [3.63, 3.8) is 0 Å². The summed E-state index contributed by atoms with van der Waals surface area (Å²) in [6.07, 6.45) is 2.94. The molecule has 1 amide bonds. The van der Waals surface area contributed by atoms with E-state index in [1.165, 1.54) is 18.2 Å². The topological polar surface area (TPSA) is 104 Å². The fourth-order valence-electron chi connectivity index (χ4n) is 1.78. The molecule has 0 atom stereocenters. The highest BCUT2D eigenvalue weighted by Crippen LogP contribution is 2.27. The van der Waals surface area contributed by atoms with Crippen LogP contribution in [0.1, 0.15) is 5.56 Å². The normalized spacial score (nSPS) is 10.3. The second-order valence-corrected chi connectivity index (χ2v) is 5.05. The van der Waals surface area contributed by atoms with Gasteiger partial charge in [0.05, 0.1) is 16.7 Å². The number of amides is 1. The lowest BCUT2D eigenvalue weighted by Gasteiger charge is -2.09. The van der Waals surface area contributed by atoms with E-state index in [9.17, 15) is 20.0 Å². The first kappa shape index (κ1) is 17.1. The van der Waals surface area contributed by atoms with Gasteiger partial charge in [0.1, 0.15) is 5.75 Å². The smallest absolute Gasteiger partial charge is 0.273 e. The predicted octanol–water partition coefficient (Wildman–Crippen LogP) is 2.83. The number of phenols is 1. The van der Waals surface area contributed by atoms with Crippen molar-refractivity contribution >= 4 is 40.7 Å². The van der Waals surface area contributed by atoms with E-state index >= 15 is 0 Å². The number of carbonyl (C=O) groups is 1. The molecule has 8 heteroatoms. The second-order valence-electron chi connectivity index (χ2n) is 4.65. The summed E-state index contributed by atoms with van der Waals surface area (Å²) in [5.41, 5.74) is 0.760. The quantitative estimate of drug-likeness (QED) is 0.259. The largest absolute Gasteiger partial charge is 0.506 e. The standard InChI is InChI=1S/C16H13N3O4S/c20-14-10-12(19(22)23)7-8-13(14)17-16(24)18-15(21)9-6-11-4-2-1-3-5-11/h1-10,20H,(H2,17,18,21,24)/b9-6-. The molecule has 0 heterocycles. The lowest BCUT2D eigenvalue weighted by atomic mass is 10.2. The Bertz CT molecular complexity index is 806. The Kier molecular flexibility index (Phi) is 5.58. The SMILES string of the molecule is O=C(/C=C\c1ccccc1)NC(=S)Nc1ccc([N+](=O)[O-])cc1O. The maximum Gasteiger partial charge on any atom is 0.273 e. The number of nitro benzene ring substituents is 1. The van der Waals surface area contributed by atoms with Crippen molar-refractivity contribution < 1.29 is 14.8 Å². The van der Waals surface area contributed by atoms with E-state index in [0.29, 0.717) is 0 Å². The van der Waals surface area contributed by atoms with E-state index in [1.807, 2.05) is 30.3 Å². The number of thiocarbonyl (C=S) groups is 1. The van der Waals surface area contributed by atoms with Crippen molar-refractivity contribution in [3.05, 3.63) is 70.3 Å². The number of carbonyl (C=O) groups excluding carboxylic acids is 1. The lowest BCUT2D eigenvalue weighted by molar-refractivity contribution is -0.384. The minimum atomic E-state index is -0.627. The molecule has 0 saturated carbocycles. The molecule has 0 spiro atoms. The van der Waals surface area contributed by atoms with Gasteiger partial charge >= 0.3 is 0 Å². The highest BCUT2D eigenvalue weighted by molar-refractivity contribution is 7.80. The van der Waals surface area contributed by atoms with Crippen molar-refractivity contribution in [3.8, 4) is 5.75 Å². The average Bonchev–Trinajstić information content (AvgIpc) is 2.55. The second kappa shape index (κ2) is 7.84. The summed E-state index contributed by atoms with van der Waals surface area (Å²) < 4.78 is 0. The Labute approximate surface area is 142 Å². The third-order valence-corrected chi connectivity index (χ3v) is 3.11. The van der Waals surface area contributed by atoms with Gasteiger partial charge in [0.15, 0.2) is 5.11 Å². The third kappa shape index (κ3) is 4.89. The highest BCUT2D eigenvalue weighted by atomic mass is 32.1. The number of anilines is 1. The van der Waals surface area contributed by atoms with Crippen molar-refractivity contribution in [2.24, 2.45) is 0 Å². The van der Waals surface area contributed by atoms with E-state index in [1.54, 1.807) is 6.08 Å². The fourth-order valence-corrected chi connectivity index (χ4v) is 1.99. The van der Waals surface area contributed by atoms with E-state index in [-0.39, 0.29) is 22.2 Å². The van der Waals surface area contributed by atoms with Gasteiger partial charge in [-0.05, 0) is 29.9 Å². The van der Waals surface area contributed by atoms with E-state index < -0.39 is 10.8 Å². The number of nitrogens with zero attached hydrogens (tertiary/aromatic N) is 1. The Balaban J connectivity index is 1.94. The number of nitro groups is 1. The molecule has 0 aliphatic heterocycles. The van der Waals surface area contributed by atoms with Crippen LogP contribution in [-0.4, -0.2) is 21.0 Å². The number of phenolic OH excluding ortho intramolecular Hbond substituents is 1. The molecule has 122 valence electrons. The summed E-state index contributed by atoms with van der Waals surface area (Å²) in [5, 5.41) is 25.3. The summed E-state index contributed by atoms with van der Waals surface area (Å²) in [5.74, 6) is -0.793.